The van der Waals surface area contributed by atoms with E-state index in [0.717, 1.165) is 26.1 Å². The fraction of sp³-hybridized carbons (Fsp3) is 0.500. The minimum atomic E-state index is 0.143. The van der Waals surface area contributed by atoms with Gasteiger partial charge in [-0.1, -0.05) is 43.4 Å². The van der Waals surface area contributed by atoms with Crippen LogP contribution in [0.4, 0.5) is 0 Å². The molecule has 1 atom stereocenters. The van der Waals surface area contributed by atoms with Gasteiger partial charge in [0.15, 0.2) is 0 Å². The van der Waals surface area contributed by atoms with Crippen molar-refractivity contribution in [3.05, 3.63) is 35.4 Å². The molecule has 3 nitrogen and oxygen atoms in total. The van der Waals surface area contributed by atoms with Gasteiger partial charge in [0.1, 0.15) is 0 Å². The van der Waals surface area contributed by atoms with E-state index in [1.54, 1.807) is 0 Å². The molecule has 18 heavy (non-hydrogen) atoms. The average molecular weight is 264 g/mol. The van der Waals surface area contributed by atoms with Gasteiger partial charge in [0.05, 0.1) is 17.7 Å². The van der Waals surface area contributed by atoms with E-state index in [4.69, 9.17) is 22.7 Å². The number of hydrogen-bond donors (Lipinski definition) is 1. The zero-order chi connectivity index (χ0) is 13.0. The largest absolute Gasteiger partial charge is 0.392 e. The van der Waals surface area contributed by atoms with E-state index in [0.29, 0.717) is 11.5 Å². The Bertz CT molecular complexity index is 422. The van der Waals surface area contributed by atoms with Crippen molar-refractivity contribution in [2.24, 2.45) is 5.73 Å². The lowest BCUT2D eigenvalue weighted by atomic mass is 9.97. The zero-order valence-electron chi connectivity index (χ0n) is 10.8. The maximum atomic E-state index is 5.89. The molecule has 0 fully saturated rings. The van der Waals surface area contributed by atoms with Crippen LogP contribution in [0.5, 0.6) is 0 Å². The number of fused-ring (bicyclic) bond motifs is 1. The van der Waals surface area contributed by atoms with Crippen molar-refractivity contribution < 1.29 is 4.74 Å². The Labute approximate surface area is 114 Å². The van der Waals surface area contributed by atoms with E-state index in [1.807, 2.05) is 0 Å². The lowest BCUT2D eigenvalue weighted by Gasteiger charge is -2.30. The summed E-state index contributed by atoms with van der Waals surface area (Å²) < 4.78 is 5.89. The Morgan fingerprint density at radius 1 is 1.50 bits per heavy atom. The molecule has 2 N–H and O–H groups in total. The third-order valence-electron chi connectivity index (χ3n) is 3.34. The molecule has 2 rings (SSSR count). The van der Waals surface area contributed by atoms with E-state index in [-0.39, 0.29) is 6.10 Å². The molecular formula is C14H20N2OS. The Balaban J connectivity index is 2.08. The van der Waals surface area contributed by atoms with Gasteiger partial charge in [-0.3, -0.25) is 4.90 Å². The van der Waals surface area contributed by atoms with Crippen LogP contribution in [0.2, 0.25) is 0 Å². The van der Waals surface area contributed by atoms with E-state index in [9.17, 15) is 0 Å². The molecule has 1 heterocycles. The molecule has 1 aliphatic rings. The van der Waals surface area contributed by atoms with Gasteiger partial charge in [-0.25, -0.2) is 0 Å². The molecule has 1 aromatic carbocycles. The zero-order valence-corrected chi connectivity index (χ0v) is 11.6. The van der Waals surface area contributed by atoms with Crippen molar-refractivity contribution in [1.29, 1.82) is 0 Å². The predicted molar refractivity (Wildman–Crippen MR) is 77.7 cm³/mol. The summed E-state index contributed by atoms with van der Waals surface area (Å²) in [6, 6.07) is 8.51. The van der Waals surface area contributed by atoms with E-state index >= 15 is 0 Å². The van der Waals surface area contributed by atoms with Gasteiger partial charge in [0.2, 0.25) is 0 Å². The Kier molecular flexibility index (Phi) is 4.69. The van der Waals surface area contributed by atoms with Crippen molar-refractivity contribution in [3.8, 4) is 0 Å². The number of benzene rings is 1. The van der Waals surface area contributed by atoms with Crippen molar-refractivity contribution >= 4 is 17.2 Å². The smallest absolute Gasteiger partial charge is 0.0954 e. The first-order chi connectivity index (χ1) is 8.70. The number of hydrogen-bond acceptors (Lipinski definition) is 3. The molecule has 0 aromatic heterocycles. The second-order valence-electron chi connectivity index (χ2n) is 4.60. The highest BCUT2D eigenvalue weighted by Gasteiger charge is 2.22. The van der Waals surface area contributed by atoms with Gasteiger partial charge in [-0.2, -0.15) is 0 Å². The molecule has 1 aliphatic heterocycles. The highest BCUT2D eigenvalue weighted by Crippen LogP contribution is 2.27. The first-order valence-electron chi connectivity index (χ1n) is 6.40. The molecule has 0 spiro atoms. The second-order valence-corrected chi connectivity index (χ2v) is 5.13. The summed E-state index contributed by atoms with van der Waals surface area (Å²) in [5, 5.41) is 0. The Hall–Kier alpha value is -0.970. The number of nitrogens with two attached hydrogens (primary N) is 1. The molecule has 1 unspecified atom stereocenters. The van der Waals surface area contributed by atoms with Gasteiger partial charge in [-0.05, 0) is 24.1 Å². The first-order valence-corrected chi connectivity index (χ1v) is 6.81. The monoisotopic (exact) mass is 264 g/mol. The van der Waals surface area contributed by atoms with Crippen LogP contribution < -0.4 is 5.73 Å². The highest BCUT2D eigenvalue weighted by molar-refractivity contribution is 7.80. The van der Waals surface area contributed by atoms with E-state index < -0.39 is 0 Å². The van der Waals surface area contributed by atoms with Crippen LogP contribution in [-0.2, 0) is 11.2 Å². The van der Waals surface area contributed by atoms with Crippen LogP contribution in [0.15, 0.2) is 24.3 Å². The predicted octanol–water partition coefficient (Wildman–Crippen LogP) is 1.91. The summed E-state index contributed by atoms with van der Waals surface area (Å²) in [5.41, 5.74) is 8.33. The van der Waals surface area contributed by atoms with Crippen LogP contribution >= 0.6 is 12.2 Å². The number of ether oxygens (including phenoxy) is 1. The minimum Gasteiger partial charge on any atom is -0.392 e. The molecule has 4 heteroatoms. The fourth-order valence-corrected chi connectivity index (χ4v) is 2.57. The highest BCUT2D eigenvalue weighted by atomic mass is 32.1. The molecule has 98 valence electrons. The van der Waals surface area contributed by atoms with Crippen LogP contribution in [0, 0.1) is 0 Å². The quantitative estimate of drug-likeness (QED) is 0.825. The van der Waals surface area contributed by atoms with Crippen molar-refractivity contribution in [3.63, 3.8) is 0 Å². The Morgan fingerprint density at radius 2 is 2.28 bits per heavy atom. The van der Waals surface area contributed by atoms with Crippen LogP contribution in [-0.4, -0.2) is 36.1 Å². The molecular weight excluding hydrogens is 244 g/mol. The molecule has 0 amide bonds. The molecule has 0 saturated carbocycles. The van der Waals surface area contributed by atoms with Crippen LogP contribution in [0.3, 0.4) is 0 Å². The summed E-state index contributed by atoms with van der Waals surface area (Å²) in [5.74, 6) is 0. The lowest BCUT2D eigenvalue weighted by molar-refractivity contribution is 0.0200. The van der Waals surface area contributed by atoms with Crippen LogP contribution in [0.1, 0.15) is 24.2 Å². The number of rotatable bonds is 5. The first kappa shape index (κ1) is 13.5. The second kappa shape index (κ2) is 6.27. The van der Waals surface area contributed by atoms with Gasteiger partial charge >= 0.3 is 0 Å². The van der Waals surface area contributed by atoms with Crippen molar-refractivity contribution in [1.82, 2.24) is 4.90 Å². The van der Waals surface area contributed by atoms with Crippen LogP contribution in [0.25, 0.3) is 0 Å². The topological polar surface area (TPSA) is 38.5 Å². The van der Waals surface area contributed by atoms with E-state index in [2.05, 4.69) is 36.1 Å². The fourth-order valence-electron chi connectivity index (χ4n) is 2.39. The Morgan fingerprint density at radius 3 is 3.00 bits per heavy atom. The standard InChI is InChI=1S/C14H20N2OS/c1-2-16(10-14(15)18)9-13-12-6-4-3-5-11(12)7-8-17-13/h3-6,13H,2,7-10H2,1H3,(H2,15,18). The van der Waals surface area contributed by atoms with Gasteiger partial charge < -0.3 is 10.5 Å². The summed E-state index contributed by atoms with van der Waals surface area (Å²) in [7, 11) is 0. The lowest BCUT2D eigenvalue weighted by Crippen LogP contribution is -2.37. The normalized spacial score (nSPS) is 18.7. The van der Waals surface area contributed by atoms with Crippen molar-refractivity contribution in [2.45, 2.75) is 19.4 Å². The maximum Gasteiger partial charge on any atom is 0.0954 e. The summed E-state index contributed by atoms with van der Waals surface area (Å²) in [6.07, 6.45) is 1.15. The molecule has 1 aromatic rings. The molecule has 0 aliphatic carbocycles. The molecule has 0 radical (unpaired) electrons. The third kappa shape index (κ3) is 3.28. The van der Waals surface area contributed by atoms with Crippen molar-refractivity contribution in [2.75, 3.05) is 26.2 Å². The van der Waals surface area contributed by atoms with E-state index in [1.165, 1.54) is 11.1 Å². The molecule has 0 saturated heterocycles. The average Bonchev–Trinajstić information content (AvgIpc) is 2.38. The summed E-state index contributed by atoms with van der Waals surface area (Å²) in [6.45, 7) is 5.36. The summed E-state index contributed by atoms with van der Waals surface area (Å²) >= 11 is 4.98. The SMILES string of the molecule is CCN(CC(N)=S)CC1OCCc2ccccc21. The number of nitrogens with zero attached hydrogens (tertiary/aromatic N) is 1. The number of thiocarbonyl (C=S) groups is 1. The van der Waals surface area contributed by atoms with Gasteiger partial charge in [-0.15, -0.1) is 0 Å². The minimum absolute atomic E-state index is 0.143. The number of likely N-dealkylation sites (N-methyl/N-ethyl adjacent to an activating group) is 1. The van der Waals surface area contributed by atoms with Gasteiger partial charge in [0, 0.05) is 13.1 Å². The third-order valence-corrected chi connectivity index (χ3v) is 3.47. The summed E-state index contributed by atoms with van der Waals surface area (Å²) in [4.78, 5) is 2.77. The maximum absolute atomic E-state index is 5.89. The van der Waals surface area contributed by atoms with Gasteiger partial charge in [0.25, 0.3) is 0 Å². The molecule has 0 bridgehead atoms.